The Morgan fingerprint density at radius 1 is 0.855 bits per heavy atom. The van der Waals surface area contributed by atoms with Gasteiger partial charge in [-0.3, -0.25) is 4.79 Å². The maximum Gasteiger partial charge on any atom is 0.337 e. The second kappa shape index (κ2) is 27.0. The molecule has 0 bridgehead atoms. The summed E-state index contributed by atoms with van der Waals surface area (Å²) in [6, 6.07) is 3.08. The van der Waals surface area contributed by atoms with Crippen molar-refractivity contribution in [1.82, 2.24) is 0 Å². The summed E-state index contributed by atoms with van der Waals surface area (Å²) in [5, 5.41) is 21.0. The molecule has 1 N–H and O–H groups in total. The molecule has 0 radical (unpaired) electrons. The summed E-state index contributed by atoms with van der Waals surface area (Å²) in [7, 11) is 1.62. The Morgan fingerprint density at radius 2 is 1.38 bits per heavy atom. The van der Waals surface area contributed by atoms with Crippen molar-refractivity contribution in [1.29, 1.82) is 0 Å². The van der Waals surface area contributed by atoms with Crippen LogP contribution in [0.4, 0.5) is 0 Å². The zero-order valence-electron chi connectivity index (χ0n) is 33.1. The van der Waals surface area contributed by atoms with Gasteiger partial charge in [-0.15, -0.1) is 10.1 Å². The number of ether oxygens (including phenoxy) is 9. The van der Waals surface area contributed by atoms with E-state index in [9.17, 15) is 24.8 Å². The number of phenols is 1. The fraction of sp³-hybridized carbons (Fsp3) is 0.692. The molecule has 0 saturated heterocycles. The van der Waals surface area contributed by atoms with Gasteiger partial charge < -0.3 is 52.6 Å². The molecule has 16 nitrogen and oxygen atoms in total. The molecule has 1 aromatic carbocycles. The molecule has 1 aliphatic rings. The summed E-state index contributed by atoms with van der Waals surface area (Å²) in [4.78, 5) is 40.9. The number of nitrogens with zero attached hydrogens (tertiary/aromatic N) is 1. The predicted molar refractivity (Wildman–Crippen MR) is 201 cm³/mol. The average Bonchev–Trinajstić information content (AvgIpc) is 3.13. The van der Waals surface area contributed by atoms with Crippen LogP contribution in [0.5, 0.6) is 11.5 Å². The normalized spacial score (nSPS) is 15.7. The van der Waals surface area contributed by atoms with Gasteiger partial charge in [-0.05, 0) is 77.0 Å². The molecule has 0 heterocycles. The van der Waals surface area contributed by atoms with Crippen molar-refractivity contribution in [2.45, 2.75) is 64.7 Å². The van der Waals surface area contributed by atoms with Gasteiger partial charge in [-0.25, -0.2) is 4.79 Å². The Kier molecular flexibility index (Phi) is 23.4. The number of rotatable bonds is 31. The van der Waals surface area contributed by atoms with Gasteiger partial charge in [0.2, 0.25) is 0 Å². The third-order valence-electron chi connectivity index (χ3n) is 8.77. The number of benzene rings is 1. The van der Waals surface area contributed by atoms with Crippen LogP contribution >= 0.6 is 0 Å². The SMILES string of the molecule is C=C(C)[C@@H]1CCC(C)=C[C@H]1c1c(O)cc(C(C)(C)C(=O)OCCCCO[N+](=O)[O-])cc1OC(=O)COCCOCCOCCOCCOCCOCCOC. The number of esters is 2. The van der Waals surface area contributed by atoms with Crippen molar-refractivity contribution < 1.29 is 67.3 Å². The van der Waals surface area contributed by atoms with E-state index in [1.807, 2.05) is 13.8 Å². The van der Waals surface area contributed by atoms with Crippen LogP contribution in [0.25, 0.3) is 0 Å². The van der Waals surface area contributed by atoms with E-state index in [1.165, 1.54) is 6.07 Å². The number of methoxy groups -OCH3 is 1. The minimum atomic E-state index is -1.25. The molecule has 0 aromatic heterocycles. The molecule has 1 aromatic rings. The first-order valence-electron chi connectivity index (χ1n) is 18.7. The maximum atomic E-state index is 13.2. The Morgan fingerprint density at radius 3 is 1.91 bits per heavy atom. The van der Waals surface area contributed by atoms with Crippen LogP contribution < -0.4 is 4.74 Å². The second-order valence-corrected chi connectivity index (χ2v) is 13.5. The topological polar surface area (TPSA) is 190 Å². The van der Waals surface area contributed by atoms with Gasteiger partial charge in [-0.2, -0.15) is 0 Å². The van der Waals surface area contributed by atoms with Gasteiger partial charge in [0.25, 0.3) is 5.09 Å². The molecule has 2 atom stereocenters. The van der Waals surface area contributed by atoms with Crippen LogP contribution in [0.2, 0.25) is 0 Å². The van der Waals surface area contributed by atoms with Gasteiger partial charge in [0.1, 0.15) is 18.1 Å². The number of aromatic hydroxyl groups is 1. The Balaban J connectivity index is 1.87. The third kappa shape index (κ3) is 18.7. The van der Waals surface area contributed by atoms with Gasteiger partial charge in [0.15, 0.2) is 0 Å². The third-order valence-corrected chi connectivity index (χ3v) is 8.77. The summed E-state index contributed by atoms with van der Waals surface area (Å²) < 4.78 is 48.9. The van der Waals surface area contributed by atoms with Gasteiger partial charge in [0, 0.05) is 18.6 Å². The van der Waals surface area contributed by atoms with E-state index in [2.05, 4.69) is 17.5 Å². The fourth-order valence-electron chi connectivity index (χ4n) is 5.65. The minimum absolute atomic E-state index is 0.0119. The van der Waals surface area contributed by atoms with Crippen LogP contribution in [0.15, 0.2) is 35.9 Å². The first kappa shape index (κ1) is 47.5. The van der Waals surface area contributed by atoms with Crippen LogP contribution in [0, 0.1) is 16.0 Å². The largest absolute Gasteiger partial charge is 0.507 e. The highest BCUT2D eigenvalue weighted by Crippen LogP contribution is 2.48. The molecule has 0 amide bonds. The Labute approximate surface area is 324 Å². The number of unbranched alkanes of at least 4 members (excludes halogenated alkanes) is 1. The minimum Gasteiger partial charge on any atom is -0.507 e. The molecule has 312 valence electrons. The first-order chi connectivity index (χ1) is 26.4. The second-order valence-electron chi connectivity index (χ2n) is 13.5. The van der Waals surface area contributed by atoms with Crippen molar-refractivity contribution in [2.75, 3.05) is 106 Å². The molecule has 0 saturated carbocycles. The van der Waals surface area contributed by atoms with Crippen molar-refractivity contribution in [2.24, 2.45) is 5.92 Å². The van der Waals surface area contributed by atoms with Crippen LogP contribution in [-0.4, -0.2) is 128 Å². The highest BCUT2D eigenvalue weighted by molar-refractivity contribution is 5.83. The molecule has 1 aliphatic carbocycles. The van der Waals surface area contributed by atoms with E-state index in [1.54, 1.807) is 27.0 Å². The smallest absolute Gasteiger partial charge is 0.337 e. The lowest BCUT2D eigenvalue weighted by molar-refractivity contribution is -0.757. The summed E-state index contributed by atoms with van der Waals surface area (Å²) in [6.45, 7) is 15.9. The number of carbonyl (C=O) groups is 2. The predicted octanol–water partition coefficient (Wildman–Crippen LogP) is 4.87. The van der Waals surface area contributed by atoms with Gasteiger partial charge >= 0.3 is 11.9 Å². The van der Waals surface area contributed by atoms with Gasteiger partial charge in [0.05, 0.1) is 97.9 Å². The van der Waals surface area contributed by atoms with E-state index in [0.717, 1.165) is 24.0 Å². The Hall–Kier alpha value is -3.64. The first-order valence-corrected chi connectivity index (χ1v) is 18.7. The summed E-state index contributed by atoms with van der Waals surface area (Å²) in [5.74, 6) is -1.63. The zero-order chi connectivity index (χ0) is 40.5. The number of carbonyl (C=O) groups excluding carboxylic acids is 2. The number of phenolic OH excluding ortho intramolecular Hbond substituents is 1. The number of allylic oxidation sites excluding steroid dienone is 3. The van der Waals surface area contributed by atoms with Crippen molar-refractivity contribution >= 4 is 11.9 Å². The maximum absolute atomic E-state index is 13.2. The lowest BCUT2D eigenvalue weighted by Gasteiger charge is -2.33. The lowest BCUT2D eigenvalue weighted by atomic mass is 9.73. The van der Waals surface area contributed by atoms with Crippen molar-refractivity contribution in [3.63, 3.8) is 0 Å². The van der Waals surface area contributed by atoms with Crippen LogP contribution in [-0.2, 0) is 57.7 Å². The van der Waals surface area contributed by atoms with E-state index >= 15 is 0 Å². The van der Waals surface area contributed by atoms with Crippen LogP contribution in [0.1, 0.15) is 70.4 Å². The molecule has 2 rings (SSSR count). The fourth-order valence-corrected chi connectivity index (χ4v) is 5.65. The lowest BCUT2D eigenvalue weighted by Crippen LogP contribution is -2.32. The van der Waals surface area contributed by atoms with E-state index in [-0.39, 0.29) is 56.4 Å². The van der Waals surface area contributed by atoms with Crippen molar-refractivity contribution in [3.05, 3.63) is 57.2 Å². The Bertz CT molecular complexity index is 1350. The molecular weight excluding hydrogens is 722 g/mol. The van der Waals surface area contributed by atoms with E-state index < -0.39 is 22.4 Å². The molecule has 0 fully saturated rings. The molecule has 0 aliphatic heterocycles. The molecule has 55 heavy (non-hydrogen) atoms. The molecular formula is C39H61NO15. The monoisotopic (exact) mass is 783 g/mol. The standard InChI is InChI=1S/C39H61NO15/c1-29(2)32-10-9-30(3)25-33(32)37-34(41)26-31(39(4,5)38(43)53-11-7-8-12-54-40(44)45)27-35(37)55-36(42)28-52-24-23-51-22-21-50-20-19-49-18-17-48-16-15-47-14-13-46-6/h25-27,32-33,41H,1,7-24,28H2,2-6H3/t32-,33+/m0/s1. The highest BCUT2D eigenvalue weighted by atomic mass is 16.9. The van der Waals surface area contributed by atoms with E-state index in [0.29, 0.717) is 90.0 Å². The highest BCUT2D eigenvalue weighted by Gasteiger charge is 2.36. The number of hydrogen-bond acceptors (Lipinski definition) is 15. The van der Waals surface area contributed by atoms with E-state index in [4.69, 9.17) is 42.6 Å². The summed E-state index contributed by atoms with van der Waals surface area (Å²) >= 11 is 0. The molecule has 0 unspecified atom stereocenters. The quantitative estimate of drug-likeness (QED) is 0.0268. The summed E-state index contributed by atoms with van der Waals surface area (Å²) in [6.07, 6.45) is 4.43. The van der Waals surface area contributed by atoms with Crippen molar-refractivity contribution in [3.8, 4) is 11.5 Å². The molecule has 0 spiro atoms. The summed E-state index contributed by atoms with van der Waals surface area (Å²) in [5.41, 5.74) is 1.60. The average molecular weight is 784 g/mol. The molecule has 16 heteroatoms. The zero-order valence-corrected chi connectivity index (χ0v) is 33.1. The van der Waals surface area contributed by atoms with Crippen LogP contribution in [0.3, 0.4) is 0 Å². The van der Waals surface area contributed by atoms with Gasteiger partial charge in [-0.1, -0.05) is 23.8 Å². The number of hydrogen-bond donors (Lipinski definition) is 1.